The van der Waals surface area contributed by atoms with Gasteiger partial charge in [-0.3, -0.25) is 9.69 Å². The van der Waals surface area contributed by atoms with Crippen molar-refractivity contribution in [3.8, 4) is 0 Å². The first-order valence-electron chi connectivity index (χ1n) is 14.1. The number of alkyl halides is 6. The molecule has 2 heterocycles. The molecule has 0 aliphatic carbocycles. The molecule has 0 bridgehead atoms. The number of halogens is 7. The molecule has 2 saturated heterocycles. The molecule has 2 aromatic rings. The highest BCUT2D eigenvalue weighted by molar-refractivity contribution is 5.76. The van der Waals surface area contributed by atoms with Gasteiger partial charge in [0.1, 0.15) is 5.82 Å². The summed E-state index contributed by atoms with van der Waals surface area (Å²) in [5.74, 6) is -0.442. The first-order chi connectivity index (χ1) is 20.0. The minimum atomic E-state index is -5.01. The molecule has 3 atom stereocenters. The summed E-state index contributed by atoms with van der Waals surface area (Å²) >= 11 is 0. The molecule has 0 radical (unpaired) electrons. The summed E-state index contributed by atoms with van der Waals surface area (Å²) in [4.78, 5) is 32.4. The van der Waals surface area contributed by atoms with E-state index in [0.717, 1.165) is 4.90 Å². The van der Waals surface area contributed by atoms with Gasteiger partial charge in [-0.2, -0.15) is 26.3 Å². The first kappa shape index (κ1) is 32.6. The van der Waals surface area contributed by atoms with E-state index < -0.39 is 47.4 Å². The summed E-state index contributed by atoms with van der Waals surface area (Å²) in [7, 11) is 1.35. The van der Waals surface area contributed by atoms with Crippen molar-refractivity contribution in [1.82, 2.24) is 19.6 Å². The summed E-state index contributed by atoms with van der Waals surface area (Å²) in [6.45, 7) is 7.36. The highest BCUT2D eigenvalue weighted by Gasteiger charge is 2.40. The lowest BCUT2D eigenvalue weighted by atomic mass is 9.88. The molecule has 1 unspecified atom stereocenters. The van der Waals surface area contributed by atoms with Gasteiger partial charge in [-0.15, -0.1) is 0 Å². The zero-order valence-corrected chi connectivity index (χ0v) is 24.4. The molecule has 43 heavy (non-hydrogen) atoms. The highest BCUT2D eigenvalue weighted by atomic mass is 19.4. The summed E-state index contributed by atoms with van der Waals surface area (Å²) in [5, 5.41) is 0. The third-order valence-electron chi connectivity index (χ3n) is 8.66. The van der Waals surface area contributed by atoms with Gasteiger partial charge in [0.25, 0.3) is 0 Å². The standard InChI is InChI=1S/C30H35F7N4O2/c1-18-13-24(31)5-6-26(18)27-17-25(40-11-9-39(10-12-40)20(3)42)7-8-41(27)28(43)38(4)19(2)21-14-22(29(32,33)34)16-23(15-21)30(35,36)37/h5-6,13-16,19,25,27H,7-12,17H2,1-4H3/t19?,25-,27+/m0/s1. The number of carbonyl (C=O) groups is 2. The van der Waals surface area contributed by atoms with E-state index in [-0.39, 0.29) is 30.1 Å². The number of aryl methyl sites for hydroxylation is 1. The lowest BCUT2D eigenvalue weighted by Gasteiger charge is -2.47. The number of rotatable bonds is 4. The smallest absolute Gasteiger partial charge is 0.340 e. The van der Waals surface area contributed by atoms with E-state index in [4.69, 9.17) is 0 Å². The van der Waals surface area contributed by atoms with Crippen LogP contribution >= 0.6 is 0 Å². The summed E-state index contributed by atoms with van der Waals surface area (Å²) in [6, 6.07) is 3.46. The fraction of sp³-hybridized carbons (Fsp3) is 0.533. The molecule has 6 nitrogen and oxygen atoms in total. The maximum absolute atomic E-state index is 14.0. The second-order valence-electron chi connectivity index (χ2n) is 11.3. The van der Waals surface area contributed by atoms with Crippen LogP contribution in [0.5, 0.6) is 0 Å². The van der Waals surface area contributed by atoms with Crippen molar-refractivity contribution in [3.05, 3.63) is 70.0 Å². The fourth-order valence-corrected chi connectivity index (χ4v) is 6.03. The molecule has 13 heteroatoms. The van der Waals surface area contributed by atoms with Crippen molar-refractivity contribution >= 4 is 11.9 Å². The van der Waals surface area contributed by atoms with Gasteiger partial charge < -0.3 is 14.7 Å². The maximum Gasteiger partial charge on any atom is 0.416 e. The Kier molecular flexibility index (Phi) is 9.34. The van der Waals surface area contributed by atoms with Gasteiger partial charge in [-0.1, -0.05) is 6.07 Å². The Balaban J connectivity index is 1.62. The normalized spacial score (nSPS) is 21.1. The van der Waals surface area contributed by atoms with Crippen LogP contribution in [0.3, 0.4) is 0 Å². The lowest BCUT2D eigenvalue weighted by Crippen LogP contribution is -2.56. The Morgan fingerprint density at radius 3 is 2.00 bits per heavy atom. The molecule has 236 valence electrons. The van der Waals surface area contributed by atoms with Crippen LogP contribution in [0.25, 0.3) is 0 Å². The van der Waals surface area contributed by atoms with Crippen molar-refractivity contribution in [2.75, 3.05) is 39.8 Å². The van der Waals surface area contributed by atoms with Crippen LogP contribution in [0, 0.1) is 12.7 Å². The van der Waals surface area contributed by atoms with E-state index in [2.05, 4.69) is 4.90 Å². The van der Waals surface area contributed by atoms with Gasteiger partial charge in [0.05, 0.1) is 23.2 Å². The Hall–Kier alpha value is -3.35. The Bertz CT molecular complexity index is 1310. The SMILES string of the molecule is CC(=O)N1CCN([C@H]2CCN(C(=O)N(C)C(C)c3cc(C(F)(F)F)cc(C(F)(F)F)c3)[C@@H](c3ccc(F)cc3C)C2)CC1. The predicted molar refractivity (Wildman–Crippen MR) is 145 cm³/mol. The minimum Gasteiger partial charge on any atom is -0.340 e. The van der Waals surface area contributed by atoms with E-state index in [1.54, 1.807) is 22.8 Å². The molecule has 2 aliphatic rings. The second kappa shape index (κ2) is 12.3. The van der Waals surface area contributed by atoms with E-state index in [9.17, 15) is 40.3 Å². The number of hydrogen-bond acceptors (Lipinski definition) is 3. The molecule has 3 amide bonds. The number of amides is 3. The van der Waals surface area contributed by atoms with Gasteiger partial charge in [-0.25, -0.2) is 9.18 Å². The zero-order chi connectivity index (χ0) is 31.9. The van der Waals surface area contributed by atoms with Gasteiger partial charge in [0, 0.05) is 52.7 Å². The summed E-state index contributed by atoms with van der Waals surface area (Å²) in [5.41, 5.74) is -1.87. The number of benzene rings is 2. The first-order valence-corrected chi connectivity index (χ1v) is 14.1. The van der Waals surface area contributed by atoms with Crippen LogP contribution in [-0.2, 0) is 17.1 Å². The van der Waals surface area contributed by atoms with Gasteiger partial charge in [0.15, 0.2) is 0 Å². The number of likely N-dealkylation sites (tertiary alicyclic amines) is 1. The van der Waals surface area contributed by atoms with Gasteiger partial charge in [0.2, 0.25) is 5.91 Å². The van der Waals surface area contributed by atoms with Gasteiger partial charge in [-0.05, 0) is 73.7 Å². The van der Waals surface area contributed by atoms with E-state index in [1.807, 2.05) is 0 Å². The number of piperazine rings is 1. The number of hydrogen-bond donors (Lipinski definition) is 0. The molecule has 0 spiro atoms. The molecular formula is C30H35F7N4O2. The highest BCUT2D eigenvalue weighted by Crippen LogP contribution is 2.40. The second-order valence-corrected chi connectivity index (χ2v) is 11.3. The molecular weight excluding hydrogens is 581 g/mol. The maximum atomic E-state index is 14.0. The predicted octanol–water partition coefficient (Wildman–Crippen LogP) is 6.65. The Morgan fingerprint density at radius 1 is 0.907 bits per heavy atom. The molecule has 0 saturated carbocycles. The zero-order valence-electron chi connectivity index (χ0n) is 24.4. The number of carbonyl (C=O) groups excluding carboxylic acids is 2. The van der Waals surface area contributed by atoms with Crippen molar-refractivity contribution in [3.63, 3.8) is 0 Å². The van der Waals surface area contributed by atoms with E-state index in [1.165, 1.54) is 33.0 Å². The lowest BCUT2D eigenvalue weighted by molar-refractivity contribution is -0.143. The molecule has 0 N–H and O–H groups in total. The Morgan fingerprint density at radius 2 is 1.49 bits per heavy atom. The average Bonchev–Trinajstić information content (AvgIpc) is 2.94. The minimum absolute atomic E-state index is 0.000149. The monoisotopic (exact) mass is 616 g/mol. The molecule has 2 fully saturated rings. The van der Waals surface area contributed by atoms with Gasteiger partial charge >= 0.3 is 18.4 Å². The number of nitrogens with zero attached hydrogens (tertiary/aromatic N) is 4. The largest absolute Gasteiger partial charge is 0.416 e. The molecule has 0 aromatic heterocycles. The quantitative estimate of drug-likeness (QED) is 0.362. The van der Waals surface area contributed by atoms with Crippen LogP contribution in [0.1, 0.15) is 66.6 Å². The summed E-state index contributed by atoms with van der Waals surface area (Å²) in [6.07, 6.45) is -8.96. The average molecular weight is 617 g/mol. The van der Waals surface area contributed by atoms with Crippen LogP contribution in [0.15, 0.2) is 36.4 Å². The van der Waals surface area contributed by atoms with Crippen LogP contribution in [-0.4, -0.2) is 77.4 Å². The van der Waals surface area contributed by atoms with E-state index in [0.29, 0.717) is 62.3 Å². The topological polar surface area (TPSA) is 47.1 Å². The Labute approximate surface area is 246 Å². The van der Waals surface area contributed by atoms with E-state index >= 15 is 0 Å². The number of piperidine rings is 1. The third kappa shape index (κ3) is 7.25. The number of urea groups is 1. The van der Waals surface area contributed by atoms with Crippen LogP contribution in [0.4, 0.5) is 35.5 Å². The fourth-order valence-electron chi connectivity index (χ4n) is 6.03. The molecule has 4 rings (SSSR count). The van der Waals surface area contributed by atoms with Crippen molar-refractivity contribution in [2.45, 2.75) is 64.1 Å². The van der Waals surface area contributed by atoms with Crippen LogP contribution in [0.2, 0.25) is 0 Å². The van der Waals surface area contributed by atoms with Crippen molar-refractivity contribution in [2.24, 2.45) is 0 Å². The van der Waals surface area contributed by atoms with Crippen molar-refractivity contribution in [1.29, 1.82) is 0 Å². The van der Waals surface area contributed by atoms with Crippen LogP contribution < -0.4 is 0 Å². The third-order valence-corrected chi connectivity index (χ3v) is 8.66. The molecule has 2 aromatic carbocycles. The van der Waals surface area contributed by atoms with Crippen molar-refractivity contribution < 1.29 is 40.3 Å². The molecule has 2 aliphatic heterocycles. The summed E-state index contributed by atoms with van der Waals surface area (Å²) < 4.78 is 95.0.